The zero-order valence-corrected chi connectivity index (χ0v) is 12.1. The molecule has 2 aromatic carbocycles. The fourth-order valence-electron chi connectivity index (χ4n) is 1.75. The number of halogens is 1. The minimum atomic E-state index is -0.0670. The van der Waals surface area contributed by atoms with Crippen LogP contribution in [0.3, 0.4) is 0 Å². The maximum atomic E-state index is 11.3. The monoisotopic (exact) mass is 290 g/mol. The molecule has 0 aromatic heterocycles. The molecule has 0 fully saturated rings. The molecule has 0 heterocycles. The second kappa shape index (κ2) is 6.44. The van der Waals surface area contributed by atoms with Gasteiger partial charge in [-0.3, -0.25) is 4.79 Å². The van der Waals surface area contributed by atoms with Crippen molar-refractivity contribution >= 4 is 17.4 Å². The lowest BCUT2D eigenvalue weighted by Gasteiger charge is -2.08. The third-order valence-corrected chi connectivity index (χ3v) is 3.00. The number of rotatable bonds is 5. The van der Waals surface area contributed by atoms with Crippen molar-refractivity contribution in [2.45, 2.75) is 13.8 Å². The molecule has 0 N–H and O–H groups in total. The summed E-state index contributed by atoms with van der Waals surface area (Å²) < 4.78 is 11.0. The van der Waals surface area contributed by atoms with Gasteiger partial charge in [-0.25, -0.2) is 0 Å². The van der Waals surface area contributed by atoms with Gasteiger partial charge >= 0.3 is 0 Å². The van der Waals surface area contributed by atoms with Crippen LogP contribution in [0.5, 0.6) is 17.2 Å². The maximum Gasteiger partial charge on any atom is 0.161 e. The number of hydrogen-bond donors (Lipinski definition) is 0. The summed E-state index contributed by atoms with van der Waals surface area (Å²) in [6.45, 7) is 4.04. The highest BCUT2D eigenvalue weighted by Crippen LogP contribution is 2.28. The van der Waals surface area contributed by atoms with Gasteiger partial charge in [0, 0.05) is 11.6 Å². The molecular weight excluding hydrogens is 276 g/mol. The van der Waals surface area contributed by atoms with Crippen LogP contribution in [0, 0.1) is 0 Å². The lowest BCUT2D eigenvalue weighted by molar-refractivity contribution is 0.101. The molecule has 20 heavy (non-hydrogen) atoms. The van der Waals surface area contributed by atoms with Crippen LogP contribution in [0.1, 0.15) is 24.2 Å². The molecule has 3 nitrogen and oxygen atoms in total. The SMILES string of the molecule is CCOc1ccc(Oc2ccc(C(C)=O)c(Cl)c2)cc1. The third-order valence-electron chi connectivity index (χ3n) is 2.69. The molecule has 0 saturated carbocycles. The molecule has 2 rings (SSSR count). The van der Waals surface area contributed by atoms with Crippen molar-refractivity contribution in [1.29, 1.82) is 0 Å². The molecule has 0 atom stereocenters. The number of ether oxygens (including phenoxy) is 2. The number of Topliss-reactive ketones (excluding diaryl/α,β-unsaturated/α-hetero) is 1. The molecule has 0 aliphatic rings. The molecule has 4 heteroatoms. The molecule has 0 spiro atoms. The summed E-state index contributed by atoms with van der Waals surface area (Å²) in [7, 11) is 0. The summed E-state index contributed by atoms with van der Waals surface area (Å²) in [6.07, 6.45) is 0. The van der Waals surface area contributed by atoms with Crippen molar-refractivity contribution < 1.29 is 14.3 Å². The summed E-state index contributed by atoms with van der Waals surface area (Å²) in [5.74, 6) is 2.00. The van der Waals surface area contributed by atoms with Crippen LogP contribution in [0.15, 0.2) is 42.5 Å². The molecule has 0 aliphatic heterocycles. The van der Waals surface area contributed by atoms with Crippen molar-refractivity contribution in [2.75, 3.05) is 6.61 Å². The lowest BCUT2D eigenvalue weighted by atomic mass is 10.1. The Morgan fingerprint density at radius 3 is 2.20 bits per heavy atom. The molecule has 2 aromatic rings. The fourth-order valence-corrected chi connectivity index (χ4v) is 2.06. The number of carbonyl (C=O) groups excluding carboxylic acids is 1. The van der Waals surface area contributed by atoms with Gasteiger partial charge in [-0.05, 0) is 50.2 Å². The Morgan fingerprint density at radius 2 is 1.65 bits per heavy atom. The van der Waals surface area contributed by atoms with Crippen LogP contribution in [-0.4, -0.2) is 12.4 Å². The number of carbonyl (C=O) groups is 1. The quantitative estimate of drug-likeness (QED) is 0.747. The Hall–Kier alpha value is -2.00. The summed E-state index contributed by atoms with van der Waals surface area (Å²) in [5, 5.41) is 0.390. The number of benzene rings is 2. The number of hydrogen-bond acceptors (Lipinski definition) is 3. The highest BCUT2D eigenvalue weighted by molar-refractivity contribution is 6.34. The topological polar surface area (TPSA) is 35.5 Å². The molecular formula is C16H15ClO3. The molecule has 0 unspecified atom stereocenters. The molecule has 104 valence electrons. The van der Waals surface area contributed by atoms with E-state index in [0.29, 0.717) is 28.7 Å². The molecule has 0 aliphatic carbocycles. The minimum absolute atomic E-state index is 0.0670. The zero-order valence-electron chi connectivity index (χ0n) is 11.4. The first-order valence-corrected chi connectivity index (χ1v) is 6.69. The Balaban J connectivity index is 2.13. The second-order valence-electron chi connectivity index (χ2n) is 4.20. The van der Waals surface area contributed by atoms with E-state index in [1.165, 1.54) is 6.92 Å². The lowest BCUT2D eigenvalue weighted by Crippen LogP contribution is -1.94. The first-order chi connectivity index (χ1) is 9.60. The Bertz CT molecular complexity index is 606. The largest absolute Gasteiger partial charge is 0.494 e. The normalized spacial score (nSPS) is 10.2. The van der Waals surface area contributed by atoms with E-state index in [9.17, 15) is 4.79 Å². The van der Waals surface area contributed by atoms with Gasteiger partial charge in [0.25, 0.3) is 0 Å². The summed E-state index contributed by atoms with van der Waals surface area (Å²) in [4.78, 5) is 11.3. The van der Waals surface area contributed by atoms with E-state index in [0.717, 1.165) is 5.75 Å². The van der Waals surface area contributed by atoms with E-state index >= 15 is 0 Å². The van der Waals surface area contributed by atoms with Crippen molar-refractivity contribution in [3.05, 3.63) is 53.1 Å². The molecule has 0 saturated heterocycles. The minimum Gasteiger partial charge on any atom is -0.494 e. The van der Waals surface area contributed by atoms with E-state index < -0.39 is 0 Å². The third kappa shape index (κ3) is 3.52. The molecule has 0 amide bonds. The van der Waals surface area contributed by atoms with Crippen LogP contribution in [-0.2, 0) is 0 Å². The van der Waals surface area contributed by atoms with Crippen molar-refractivity contribution in [2.24, 2.45) is 0 Å². The fraction of sp³-hybridized carbons (Fsp3) is 0.188. The highest BCUT2D eigenvalue weighted by atomic mass is 35.5. The van der Waals surface area contributed by atoms with E-state index in [1.807, 2.05) is 31.2 Å². The molecule has 0 bridgehead atoms. The van der Waals surface area contributed by atoms with Crippen LogP contribution >= 0.6 is 11.6 Å². The Kier molecular flexibility index (Phi) is 4.64. The average Bonchev–Trinajstić information content (AvgIpc) is 2.41. The van der Waals surface area contributed by atoms with Gasteiger partial charge in [0.15, 0.2) is 5.78 Å². The van der Waals surface area contributed by atoms with Gasteiger partial charge in [-0.2, -0.15) is 0 Å². The first-order valence-electron chi connectivity index (χ1n) is 6.31. The standard InChI is InChI=1S/C16H15ClO3/c1-3-19-12-4-6-13(7-5-12)20-14-8-9-15(11(2)18)16(17)10-14/h4-10H,3H2,1-2H3. The van der Waals surface area contributed by atoms with E-state index in [1.54, 1.807) is 18.2 Å². The Labute approximate surface area is 123 Å². The van der Waals surface area contributed by atoms with Gasteiger partial charge in [-0.15, -0.1) is 0 Å². The zero-order chi connectivity index (χ0) is 14.5. The van der Waals surface area contributed by atoms with Crippen molar-refractivity contribution in [3.8, 4) is 17.2 Å². The summed E-state index contributed by atoms with van der Waals surface area (Å²) in [6, 6.07) is 12.3. The molecule has 0 radical (unpaired) electrons. The second-order valence-corrected chi connectivity index (χ2v) is 4.61. The van der Waals surface area contributed by atoms with Gasteiger partial charge in [0.2, 0.25) is 0 Å². The smallest absolute Gasteiger partial charge is 0.161 e. The van der Waals surface area contributed by atoms with Gasteiger partial charge in [0.1, 0.15) is 17.2 Å². The Morgan fingerprint density at radius 1 is 1.05 bits per heavy atom. The summed E-state index contributed by atoms with van der Waals surface area (Å²) >= 11 is 6.04. The predicted molar refractivity (Wildman–Crippen MR) is 79.1 cm³/mol. The maximum absolute atomic E-state index is 11.3. The van der Waals surface area contributed by atoms with Gasteiger partial charge in [0.05, 0.1) is 11.6 Å². The first kappa shape index (κ1) is 14.4. The van der Waals surface area contributed by atoms with E-state index in [-0.39, 0.29) is 5.78 Å². The summed E-state index contributed by atoms with van der Waals surface area (Å²) in [5.41, 5.74) is 0.491. The van der Waals surface area contributed by atoms with E-state index in [4.69, 9.17) is 21.1 Å². The van der Waals surface area contributed by atoms with Gasteiger partial charge in [-0.1, -0.05) is 11.6 Å². The van der Waals surface area contributed by atoms with Crippen LogP contribution in [0.2, 0.25) is 5.02 Å². The van der Waals surface area contributed by atoms with Gasteiger partial charge < -0.3 is 9.47 Å². The van der Waals surface area contributed by atoms with Crippen LogP contribution < -0.4 is 9.47 Å². The highest BCUT2D eigenvalue weighted by Gasteiger charge is 2.07. The van der Waals surface area contributed by atoms with Crippen molar-refractivity contribution in [3.63, 3.8) is 0 Å². The number of ketones is 1. The van der Waals surface area contributed by atoms with Crippen LogP contribution in [0.25, 0.3) is 0 Å². The van der Waals surface area contributed by atoms with Crippen molar-refractivity contribution in [1.82, 2.24) is 0 Å². The van der Waals surface area contributed by atoms with Crippen LogP contribution in [0.4, 0.5) is 0 Å². The van der Waals surface area contributed by atoms with E-state index in [2.05, 4.69) is 0 Å². The average molecular weight is 291 g/mol. The predicted octanol–water partition coefficient (Wildman–Crippen LogP) is 4.73.